The van der Waals surface area contributed by atoms with E-state index in [1.807, 2.05) is 30.3 Å². The number of hydrogen-bond acceptors (Lipinski definition) is 4. The number of ether oxygens (including phenoxy) is 1. The maximum Gasteiger partial charge on any atom is 0.310 e. The number of fused-ring (bicyclic) bond motifs is 1. The number of aryl methyl sites for hydroxylation is 1. The molecule has 0 fully saturated rings. The molecule has 4 nitrogen and oxygen atoms in total. The molecule has 0 amide bonds. The average Bonchev–Trinajstić information content (AvgIpc) is 2.55. The Balaban J connectivity index is 2.15. The predicted octanol–water partition coefficient (Wildman–Crippen LogP) is 4.08. The van der Waals surface area contributed by atoms with Crippen LogP contribution in [0.25, 0.3) is 22.1 Å². The summed E-state index contributed by atoms with van der Waals surface area (Å²) in [6.07, 6.45) is 0.286. The van der Waals surface area contributed by atoms with Crippen molar-refractivity contribution in [2.24, 2.45) is 0 Å². The summed E-state index contributed by atoms with van der Waals surface area (Å²) in [5, 5.41) is 0.464. The maximum atomic E-state index is 12.8. The van der Waals surface area contributed by atoms with Crippen LogP contribution < -0.4 is 10.2 Å². The smallest absolute Gasteiger partial charge is 0.310 e. The molecule has 1 aromatic heterocycles. The van der Waals surface area contributed by atoms with Crippen LogP contribution in [0.5, 0.6) is 5.75 Å². The lowest BCUT2D eigenvalue weighted by molar-refractivity contribution is -0.134. The topological polar surface area (TPSA) is 56.5 Å². The van der Waals surface area contributed by atoms with Crippen molar-refractivity contribution >= 4 is 16.9 Å². The highest BCUT2D eigenvalue weighted by atomic mass is 16.5. The van der Waals surface area contributed by atoms with Crippen LogP contribution in [0.3, 0.4) is 0 Å². The van der Waals surface area contributed by atoms with Crippen molar-refractivity contribution in [2.75, 3.05) is 0 Å². The highest BCUT2D eigenvalue weighted by Gasteiger charge is 2.14. The van der Waals surface area contributed by atoms with E-state index >= 15 is 0 Å². The van der Waals surface area contributed by atoms with Gasteiger partial charge in [0.25, 0.3) is 0 Å². The van der Waals surface area contributed by atoms with E-state index in [1.54, 1.807) is 32.0 Å². The fourth-order valence-electron chi connectivity index (χ4n) is 2.49. The van der Waals surface area contributed by atoms with E-state index < -0.39 is 0 Å². The summed E-state index contributed by atoms with van der Waals surface area (Å²) in [6, 6.07) is 14.2. The van der Waals surface area contributed by atoms with Crippen molar-refractivity contribution in [3.05, 3.63) is 64.5 Å². The van der Waals surface area contributed by atoms with Crippen molar-refractivity contribution in [1.29, 1.82) is 0 Å². The second kappa shape index (κ2) is 6.08. The molecular weight excluding hydrogens is 292 g/mol. The minimum absolute atomic E-state index is 0.0941. The van der Waals surface area contributed by atoms with Crippen molar-refractivity contribution in [3.63, 3.8) is 0 Å². The third kappa shape index (κ3) is 2.88. The molecule has 23 heavy (non-hydrogen) atoms. The number of benzene rings is 2. The van der Waals surface area contributed by atoms with Gasteiger partial charge in [-0.15, -0.1) is 0 Å². The molecule has 0 atom stereocenters. The van der Waals surface area contributed by atoms with Crippen LogP contribution in [0.1, 0.15) is 19.1 Å². The zero-order valence-electron chi connectivity index (χ0n) is 13.0. The molecule has 0 N–H and O–H groups in total. The molecule has 0 spiro atoms. The standard InChI is InChI=1S/C19H16O4/c1-3-17(20)23-14-9-10-15-16(11-14)22-12(2)18(19(15)21)13-7-5-4-6-8-13/h4-11H,3H2,1-2H3. The number of hydrogen-bond donors (Lipinski definition) is 0. The average molecular weight is 308 g/mol. The van der Waals surface area contributed by atoms with E-state index in [1.165, 1.54) is 0 Å². The Morgan fingerprint density at radius 3 is 2.57 bits per heavy atom. The van der Waals surface area contributed by atoms with Gasteiger partial charge < -0.3 is 9.15 Å². The molecule has 3 rings (SSSR count). The molecule has 0 aliphatic carbocycles. The molecular formula is C19H16O4. The van der Waals surface area contributed by atoms with E-state index in [-0.39, 0.29) is 17.8 Å². The van der Waals surface area contributed by atoms with Gasteiger partial charge in [0, 0.05) is 12.5 Å². The molecule has 0 saturated carbocycles. The van der Waals surface area contributed by atoms with Gasteiger partial charge >= 0.3 is 5.97 Å². The van der Waals surface area contributed by atoms with Crippen LogP contribution in [0.2, 0.25) is 0 Å². The van der Waals surface area contributed by atoms with Gasteiger partial charge in [0.05, 0.1) is 10.9 Å². The molecule has 2 aromatic carbocycles. The molecule has 0 unspecified atom stereocenters. The van der Waals surface area contributed by atoms with Crippen LogP contribution in [-0.4, -0.2) is 5.97 Å². The normalized spacial score (nSPS) is 10.7. The summed E-state index contributed by atoms with van der Waals surface area (Å²) in [4.78, 5) is 24.1. The first-order valence-corrected chi connectivity index (χ1v) is 7.43. The number of carbonyl (C=O) groups is 1. The van der Waals surface area contributed by atoms with Gasteiger partial charge in [0.1, 0.15) is 17.1 Å². The zero-order chi connectivity index (χ0) is 16.4. The molecule has 1 heterocycles. The Hall–Kier alpha value is -2.88. The van der Waals surface area contributed by atoms with Crippen LogP contribution >= 0.6 is 0 Å². The molecule has 4 heteroatoms. The Morgan fingerprint density at radius 1 is 1.13 bits per heavy atom. The third-order valence-corrected chi connectivity index (χ3v) is 3.62. The lowest BCUT2D eigenvalue weighted by atomic mass is 10.0. The Labute approximate surface area is 133 Å². The van der Waals surface area contributed by atoms with Crippen LogP contribution in [0.15, 0.2) is 57.7 Å². The third-order valence-electron chi connectivity index (χ3n) is 3.62. The molecule has 0 aliphatic rings. The number of carbonyl (C=O) groups excluding carboxylic acids is 1. The van der Waals surface area contributed by atoms with Crippen molar-refractivity contribution in [2.45, 2.75) is 20.3 Å². The minimum Gasteiger partial charge on any atom is -0.460 e. The SMILES string of the molecule is CCC(=O)Oc1ccc2c(=O)c(-c3ccccc3)c(C)oc2c1. The van der Waals surface area contributed by atoms with Crippen LogP contribution in [0.4, 0.5) is 0 Å². The highest BCUT2D eigenvalue weighted by molar-refractivity contribution is 5.84. The fourth-order valence-corrected chi connectivity index (χ4v) is 2.49. The first-order valence-electron chi connectivity index (χ1n) is 7.43. The van der Waals surface area contributed by atoms with Crippen LogP contribution in [-0.2, 0) is 4.79 Å². The summed E-state index contributed by atoms with van der Waals surface area (Å²) in [5.41, 5.74) is 1.69. The fraction of sp³-hybridized carbons (Fsp3) is 0.158. The van der Waals surface area contributed by atoms with E-state index in [4.69, 9.17) is 9.15 Å². The second-order valence-electron chi connectivity index (χ2n) is 5.21. The highest BCUT2D eigenvalue weighted by Crippen LogP contribution is 2.26. The lowest BCUT2D eigenvalue weighted by Gasteiger charge is -2.08. The van der Waals surface area contributed by atoms with Crippen molar-refractivity contribution in [3.8, 4) is 16.9 Å². The van der Waals surface area contributed by atoms with Crippen LogP contribution in [0, 0.1) is 6.92 Å². The molecule has 3 aromatic rings. The van der Waals surface area contributed by atoms with Gasteiger partial charge in [-0.3, -0.25) is 9.59 Å². The minimum atomic E-state index is -0.329. The zero-order valence-corrected chi connectivity index (χ0v) is 13.0. The van der Waals surface area contributed by atoms with Crippen molar-refractivity contribution in [1.82, 2.24) is 0 Å². The van der Waals surface area contributed by atoms with Gasteiger partial charge in [0.2, 0.25) is 5.43 Å². The van der Waals surface area contributed by atoms with E-state index in [0.717, 1.165) is 5.56 Å². The largest absolute Gasteiger partial charge is 0.460 e. The van der Waals surface area contributed by atoms with Gasteiger partial charge in [-0.1, -0.05) is 37.3 Å². The van der Waals surface area contributed by atoms with E-state index in [9.17, 15) is 9.59 Å². The summed E-state index contributed by atoms with van der Waals surface area (Å²) < 4.78 is 11.0. The number of esters is 1. The quantitative estimate of drug-likeness (QED) is 0.540. The van der Waals surface area contributed by atoms with Gasteiger partial charge in [-0.2, -0.15) is 0 Å². The Bertz CT molecular complexity index is 923. The van der Waals surface area contributed by atoms with Gasteiger partial charge in [-0.25, -0.2) is 0 Å². The van der Waals surface area contributed by atoms with Crippen molar-refractivity contribution < 1.29 is 13.9 Å². The summed E-state index contributed by atoms with van der Waals surface area (Å²) in [7, 11) is 0. The van der Waals surface area contributed by atoms with Gasteiger partial charge in [0.15, 0.2) is 0 Å². The monoisotopic (exact) mass is 308 g/mol. The Kier molecular flexibility index (Phi) is 3.98. The Morgan fingerprint density at radius 2 is 1.87 bits per heavy atom. The summed E-state index contributed by atoms with van der Waals surface area (Å²) in [6.45, 7) is 3.48. The first-order chi connectivity index (χ1) is 11.1. The molecule has 0 radical (unpaired) electrons. The van der Waals surface area contributed by atoms with E-state index in [0.29, 0.717) is 28.0 Å². The van der Waals surface area contributed by atoms with Gasteiger partial charge in [-0.05, 0) is 24.6 Å². The molecule has 0 aliphatic heterocycles. The lowest BCUT2D eigenvalue weighted by Crippen LogP contribution is -2.09. The second-order valence-corrected chi connectivity index (χ2v) is 5.21. The molecule has 116 valence electrons. The van der Waals surface area contributed by atoms with E-state index in [2.05, 4.69) is 0 Å². The molecule has 0 saturated heterocycles. The summed E-state index contributed by atoms with van der Waals surface area (Å²) in [5.74, 6) is 0.580. The number of rotatable bonds is 3. The maximum absolute atomic E-state index is 12.8. The molecule has 0 bridgehead atoms. The predicted molar refractivity (Wildman–Crippen MR) is 88.6 cm³/mol. The summed E-state index contributed by atoms with van der Waals surface area (Å²) >= 11 is 0. The first kappa shape index (κ1) is 15.0.